The molecule has 0 N–H and O–H groups in total. The van der Waals surface area contributed by atoms with Crippen LogP contribution in [0.4, 0.5) is 0 Å². The molecule has 0 saturated heterocycles. The van der Waals surface area contributed by atoms with E-state index in [-0.39, 0.29) is 24.1 Å². The Kier molecular flexibility index (Phi) is 2.37. The third-order valence-corrected chi connectivity index (χ3v) is 2.79. The number of imide groups is 1. The largest absolute Gasteiger partial charge is 0.280 e. The molecule has 0 aliphatic carbocycles. The Morgan fingerprint density at radius 3 is 2.61 bits per heavy atom. The van der Waals surface area contributed by atoms with Gasteiger partial charge in [-0.1, -0.05) is 6.07 Å². The Balaban J connectivity index is 1.93. The Hall–Kier alpha value is -2.56. The molecule has 0 radical (unpaired) electrons. The third kappa shape index (κ3) is 1.57. The van der Waals surface area contributed by atoms with Crippen molar-refractivity contribution in [3.05, 3.63) is 59.7 Å². The minimum Gasteiger partial charge on any atom is -0.268 e. The molecule has 0 spiro atoms. The van der Waals surface area contributed by atoms with Gasteiger partial charge in [0, 0.05) is 18.6 Å². The van der Waals surface area contributed by atoms with E-state index >= 15 is 0 Å². The number of amides is 2. The van der Waals surface area contributed by atoms with E-state index in [1.165, 1.54) is 11.1 Å². The van der Waals surface area contributed by atoms with Crippen molar-refractivity contribution in [3.8, 4) is 0 Å². The zero-order valence-corrected chi connectivity index (χ0v) is 9.41. The number of pyridine rings is 2. The topological polar surface area (TPSA) is 63.2 Å². The highest BCUT2D eigenvalue weighted by Gasteiger charge is 2.36. The van der Waals surface area contributed by atoms with E-state index in [0.29, 0.717) is 5.56 Å². The van der Waals surface area contributed by atoms with Crippen LogP contribution in [0.1, 0.15) is 26.4 Å². The van der Waals surface area contributed by atoms with Crippen LogP contribution in [0, 0.1) is 0 Å². The van der Waals surface area contributed by atoms with E-state index in [1.807, 2.05) is 6.07 Å². The molecule has 0 bridgehead atoms. The lowest BCUT2D eigenvalue weighted by molar-refractivity contribution is 0.0640. The number of rotatable bonds is 2. The monoisotopic (exact) mass is 239 g/mol. The van der Waals surface area contributed by atoms with Crippen molar-refractivity contribution in [1.82, 2.24) is 14.9 Å². The molecule has 2 aromatic heterocycles. The first-order chi connectivity index (χ1) is 8.77. The fraction of sp³-hybridized carbons (Fsp3) is 0.0769. The molecule has 0 unspecified atom stereocenters. The maximum atomic E-state index is 12.1. The number of nitrogens with zero attached hydrogens (tertiary/aromatic N) is 3. The fourth-order valence-corrected chi connectivity index (χ4v) is 1.93. The number of aromatic nitrogens is 2. The Morgan fingerprint density at radius 2 is 1.89 bits per heavy atom. The number of hydrogen-bond acceptors (Lipinski definition) is 4. The number of carbonyl (C=O) groups excluding carboxylic acids is 2. The highest BCUT2D eigenvalue weighted by atomic mass is 16.2. The summed E-state index contributed by atoms with van der Waals surface area (Å²) < 4.78 is 0. The van der Waals surface area contributed by atoms with Crippen LogP contribution in [-0.4, -0.2) is 26.7 Å². The minimum atomic E-state index is -0.348. The maximum absolute atomic E-state index is 12.1. The first-order valence-corrected chi connectivity index (χ1v) is 5.47. The Labute approximate surface area is 103 Å². The van der Waals surface area contributed by atoms with Crippen molar-refractivity contribution < 1.29 is 9.59 Å². The summed E-state index contributed by atoms with van der Waals surface area (Å²) in [6, 6.07) is 6.86. The average Bonchev–Trinajstić information content (AvgIpc) is 2.66. The van der Waals surface area contributed by atoms with Gasteiger partial charge in [-0.15, -0.1) is 0 Å². The van der Waals surface area contributed by atoms with Crippen LogP contribution in [0.2, 0.25) is 0 Å². The molecular formula is C13H9N3O2. The minimum absolute atomic E-state index is 0.224. The molecule has 0 aromatic carbocycles. The lowest BCUT2D eigenvalue weighted by Gasteiger charge is -2.12. The second-order valence-electron chi connectivity index (χ2n) is 3.96. The van der Waals surface area contributed by atoms with Gasteiger partial charge in [0.1, 0.15) is 5.69 Å². The SMILES string of the molecule is O=C1c2cccnc2C(=O)N1Cc1cccnc1. The standard InChI is InChI=1S/C13H9N3O2/c17-12-10-4-2-6-15-11(10)13(18)16(12)8-9-3-1-5-14-7-9/h1-7H,8H2. The molecule has 3 heterocycles. The second-order valence-corrected chi connectivity index (χ2v) is 3.96. The molecular weight excluding hydrogens is 230 g/mol. The molecule has 1 aliphatic heterocycles. The zero-order valence-electron chi connectivity index (χ0n) is 9.41. The Bertz CT molecular complexity index is 590. The predicted molar refractivity (Wildman–Crippen MR) is 62.7 cm³/mol. The first-order valence-electron chi connectivity index (χ1n) is 5.47. The van der Waals surface area contributed by atoms with E-state index in [1.54, 1.807) is 30.6 Å². The summed E-state index contributed by atoms with van der Waals surface area (Å²) >= 11 is 0. The highest BCUT2D eigenvalue weighted by Crippen LogP contribution is 2.22. The normalized spacial score (nSPS) is 13.9. The van der Waals surface area contributed by atoms with Gasteiger partial charge in [-0.05, 0) is 23.8 Å². The van der Waals surface area contributed by atoms with Gasteiger partial charge in [0.2, 0.25) is 0 Å². The van der Waals surface area contributed by atoms with Gasteiger partial charge >= 0.3 is 0 Å². The second kappa shape index (κ2) is 4.03. The third-order valence-electron chi connectivity index (χ3n) is 2.79. The summed E-state index contributed by atoms with van der Waals surface area (Å²) in [6.07, 6.45) is 4.79. The summed E-state index contributed by atoms with van der Waals surface area (Å²) in [5, 5.41) is 0. The predicted octanol–water partition coefficient (Wildman–Crippen LogP) is 1.27. The molecule has 18 heavy (non-hydrogen) atoms. The summed E-state index contributed by atoms with van der Waals surface area (Å²) in [5.41, 5.74) is 1.41. The molecule has 0 atom stereocenters. The van der Waals surface area contributed by atoms with Crippen LogP contribution in [0.3, 0.4) is 0 Å². The first kappa shape index (κ1) is 10.6. The summed E-state index contributed by atoms with van der Waals surface area (Å²) in [6.45, 7) is 0.224. The van der Waals surface area contributed by atoms with Crippen LogP contribution >= 0.6 is 0 Å². The van der Waals surface area contributed by atoms with Crippen molar-refractivity contribution in [2.45, 2.75) is 6.54 Å². The van der Waals surface area contributed by atoms with Crippen molar-refractivity contribution in [1.29, 1.82) is 0 Å². The van der Waals surface area contributed by atoms with Crippen LogP contribution in [0.25, 0.3) is 0 Å². The van der Waals surface area contributed by atoms with E-state index in [0.717, 1.165) is 5.56 Å². The molecule has 2 aromatic rings. The quantitative estimate of drug-likeness (QED) is 0.740. The van der Waals surface area contributed by atoms with Crippen LogP contribution in [-0.2, 0) is 6.54 Å². The van der Waals surface area contributed by atoms with Crippen LogP contribution in [0.15, 0.2) is 42.9 Å². The van der Waals surface area contributed by atoms with Gasteiger partial charge in [0.15, 0.2) is 0 Å². The smallest absolute Gasteiger partial charge is 0.268 e. The van der Waals surface area contributed by atoms with Crippen molar-refractivity contribution in [3.63, 3.8) is 0 Å². The van der Waals surface area contributed by atoms with Crippen molar-refractivity contribution in [2.24, 2.45) is 0 Å². The zero-order chi connectivity index (χ0) is 12.5. The van der Waals surface area contributed by atoms with E-state index < -0.39 is 0 Å². The number of carbonyl (C=O) groups is 2. The van der Waals surface area contributed by atoms with Gasteiger partial charge in [0.25, 0.3) is 11.8 Å². The average molecular weight is 239 g/mol. The highest BCUT2D eigenvalue weighted by molar-refractivity contribution is 6.20. The molecule has 0 fully saturated rings. The molecule has 2 amide bonds. The molecule has 5 heteroatoms. The van der Waals surface area contributed by atoms with Gasteiger partial charge in [-0.2, -0.15) is 0 Å². The molecule has 0 saturated carbocycles. The number of hydrogen-bond donors (Lipinski definition) is 0. The molecule has 3 rings (SSSR count). The van der Waals surface area contributed by atoms with Crippen LogP contribution < -0.4 is 0 Å². The summed E-state index contributed by atoms with van der Waals surface area (Å²) in [5.74, 6) is -0.647. The van der Waals surface area contributed by atoms with E-state index in [2.05, 4.69) is 9.97 Å². The number of fused-ring (bicyclic) bond motifs is 1. The van der Waals surface area contributed by atoms with Gasteiger partial charge < -0.3 is 0 Å². The maximum Gasteiger partial charge on any atom is 0.280 e. The summed E-state index contributed by atoms with van der Waals surface area (Å²) in [4.78, 5) is 33.2. The van der Waals surface area contributed by atoms with Crippen LogP contribution in [0.5, 0.6) is 0 Å². The van der Waals surface area contributed by atoms with Gasteiger partial charge in [0.05, 0.1) is 12.1 Å². The van der Waals surface area contributed by atoms with Crippen molar-refractivity contribution >= 4 is 11.8 Å². The summed E-state index contributed by atoms with van der Waals surface area (Å²) in [7, 11) is 0. The van der Waals surface area contributed by atoms with E-state index in [9.17, 15) is 9.59 Å². The molecule has 88 valence electrons. The van der Waals surface area contributed by atoms with Gasteiger partial charge in [-0.25, -0.2) is 0 Å². The van der Waals surface area contributed by atoms with Crippen molar-refractivity contribution in [2.75, 3.05) is 0 Å². The molecule has 1 aliphatic rings. The lowest BCUT2D eigenvalue weighted by atomic mass is 10.2. The molecule has 5 nitrogen and oxygen atoms in total. The fourth-order valence-electron chi connectivity index (χ4n) is 1.93. The lowest BCUT2D eigenvalue weighted by Crippen LogP contribution is -2.29. The van der Waals surface area contributed by atoms with E-state index in [4.69, 9.17) is 0 Å². The Morgan fingerprint density at radius 1 is 1.06 bits per heavy atom. The van der Waals surface area contributed by atoms with Gasteiger partial charge in [-0.3, -0.25) is 24.5 Å².